The molecule has 2 aromatic carbocycles. The number of sulfonamides is 1. The van der Waals surface area contributed by atoms with Crippen LogP contribution in [0.3, 0.4) is 0 Å². The maximum atomic E-state index is 13.2. The summed E-state index contributed by atoms with van der Waals surface area (Å²) in [6.07, 6.45) is 2.03. The van der Waals surface area contributed by atoms with Gasteiger partial charge in [0.1, 0.15) is 4.21 Å². The van der Waals surface area contributed by atoms with Crippen molar-refractivity contribution >= 4 is 59.6 Å². The third-order valence-corrected chi connectivity index (χ3v) is 9.62. The minimum atomic E-state index is -3.72. The quantitative estimate of drug-likeness (QED) is 0.419. The normalized spacial score (nSPS) is 16.2. The summed E-state index contributed by atoms with van der Waals surface area (Å²) in [6.45, 7) is 6.86. The van der Waals surface area contributed by atoms with Gasteiger partial charge in [0, 0.05) is 65.2 Å². The van der Waals surface area contributed by atoms with Gasteiger partial charge in [0.05, 0.1) is 0 Å². The summed E-state index contributed by atoms with van der Waals surface area (Å²) in [5.74, 6) is 0. The Morgan fingerprint density at radius 2 is 1.88 bits per heavy atom. The molecule has 6 nitrogen and oxygen atoms in total. The zero-order chi connectivity index (χ0) is 22.5. The van der Waals surface area contributed by atoms with Crippen LogP contribution in [0.4, 0.5) is 5.69 Å². The fourth-order valence-corrected chi connectivity index (χ4v) is 7.22. The number of nitrogens with one attached hydrogen (secondary N) is 2. The van der Waals surface area contributed by atoms with E-state index in [2.05, 4.69) is 26.6 Å². The van der Waals surface area contributed by atoms with Crippen LogP contribution < -0.4 is 4.72 Å². The SMILES string of the molecule is Cc1c(S(=O)(=O)Nc2ccc3[nH]cc(CN4CCN(C)CC4)c3c2)sc2ccc(Cl)cc12. The first-order valence-corrected chi connectivity index (χ1v) is 13.2. The fraction of sp³-hybridized carbons (Fsp3) is 0.304. The van der Waals surface area contributed by atoms with Gasteiger partial charge in [-0.15, -0.1) is 11.3 Å². The Labute approximate surface area is 196 Å². The van der Waals surface area contributed by atoms with Gasteiger partial charge in [0.2, 0.25) is 0 Å². The topological polar surface area (TPSA) is 68.4 Å². The van der Waals surface area contributed by atoms with E-state index in [9.17, 15) is 8.42 Å². The highest BCUT2D eigenvalue weighted by Crippen LogP contribution is 2.36. The highest BCUT2D eigenvalue weighted by Gasteiger charge is 2.23. The predicted molar refractivity (Wildman–Crippen MR) is 133 cm³/mol. The maximum Gasteiger partial charge on any atom is 0.271 e. The van der Waals surface area contributed by atoms with Crippen molar-refractivity contribution in [3.8, 4) is 0 Å². The number of hydrogen-bond donors (Lipinski definition) is 2. The van der Waals surface area contributed by atoms with Crippen LogP contribution in [0.5, 0.6) is 0 Å². The van der Waals surface area contributed by atoms with E-state index in [0.29, 0.717) is 14.9 Å². The zero-order valence-electron chi connectivity index (χ0n) is 18.0. The van der Waals surface area contributed by atoms with Crippen LogP contribution in [-0.2, 0) is 16.6 Å². The van der Waals surface area contributed by atoms with Gasteiger partial charge in [-0.05, 0) is 66.9 Å². The minimum Gasteiger partial charge on any atom is -0.361 e. The number of aromatic nitrogens is 1. The molecule has 0 atom stereocenters. The Hall–Kier alpha value is -2.10. The molecular formula is C23H25ClN4O2S2. The molecule has 168 valence electrons. The van der Waals surface area contributed by atoms with Gasteiger partial charge in [-0.1, -0.05) is 11.6 Å². The van der Waals surface area contributed by atoms with Crippen molar-refractivity contribution < 1.29 is 8.42 Å². The van der Waals surface area contributed by atoms with Gasteiger partial charge in [-0.25, -0.2) is 8.42 Å². The molecule has 0 aliphatic carbocycles. The lowest BCUT2D eigenvalue weighted by atomic mass is 10.1. The molecule has 32 heavy (non-hydrogen) atoms. The number of thiophene rings is 1. The molecule has 1 aliphatic heterocycles. The van der Waals surface area contributed by atoms with Gasteiger partial charge in [-0.2, -0.15) is 0 Å². The van der Waals surface area contributed by atoms with Crippen molar-refractivity contribution in [1.29, 1.82) is 0 Å². The molecule has 0 saturated carbocycles. The van der Waals surface area contributed by atoms with Crippen molar-refractivity contribution in [2.24, 2.45) is 0 Å². The van der Waals surface area contributed by atoms with Crippen LogP contribution in [0, 0.1) is 6.92 Å². The molecule has 0 unspecified atom stereocenters. The molecule has 1 fully saturated rings. The molecular weight excluding hydrogens is 464 g/mol. The number of H-pyrrole nitrogens is 1. The van der Waals surface area contributed by atoms with Crippen LogP contribution in [0.25, 0.3) is 21.0 Å². The number of hydrogen-bond acceptors (Lipinski definition) is 5. The molecule has 1 aliphatic rings. The summed E-state index contributed by atoms with van der Waals surface area (Å²) in [7, 11) is -1.57. The lowest BCUT2D eigenvalue weighted by Gasteiger charge is -2.32. The van der Waals surface area contributed by atoms with Crippen LogP contribution in [0.15, 0.2) is 46.8 Å². The third-order valence-electron chi connectivity index (χ3n) is 6.11. The maximum absolute atomic E-state index is 13.2. The predicted octanol–water partition coefficient (Wildman–Crippen LogP) is 4.89. The number of likely N-dealkylation sites (N-methyl/N-ethyl adjacent to an activating group) is 1. The molecule has 0 spiro atoms. The summed E-state index contributed by atoms with van der Waals surface area (Å²) >= 11 is 7.38. The Morgan fingerprint density at radius 1 is 1.09 bits per heavy atom. The average molecular weight is 489 g/mol. The van der Waals surface area contributed by atoms with Crippen molar-refractivity contribution in [1.82, 2.24) is 14.8 Å². The number of nitrogens with zero attached hydrogens (tertiary/aromatic N) is 2. The summed E-state index contributed by atoms with van der Waals surface area (Å²) in [4.78, 5) is 8.09. The second-order valence-corrected chi connectivity index (χ2v) is 11.8. The van der Waals surface area contributed by atoms with Crippen molar-refractivity contribution in [3.05, 3.63) is 58.7 Å². The van der Waals surface area contributed by atoms with E-state index in [4.69, 9.17) is 11.6 Å². The molecule has 9 heteroatoms. The lowest BCUT2D eigenvalue weighted by Crippen LogP contribution is -2.43. The first kappa shape index (κ1) is 21.7. The number of halogens is 1. The zero-order valence-corrected chi connectivity index (χ0v) is 20.4. The third kappa shape index (κ3) is 4.13. The second kappa shape index (κ2) is 8.35. The molecule has 2 N–H and O–H groups in total. The minimum absolute atomic E-state index is 0.321. The smallest absolute Gasteiger partial charge is 0.271 e. The Kier molecular flexibility index (Phi) is 5.67. The van der Waals surface area contributed by atoms with Crippen molar-refractivity contribution in [2.75, 3.05) is 37.9 Å². The van der Waals surface area contributed by atoms with E-state index in [1.165, 1.54) is 16.9 Å². The summed E-state index contributed by atoms with van der Waals surface area (Å²) < 4.78 is 30.5. The molecule has 4 aromatic rings. The van der Waals surface area contributed by atoms with Gasteiger partial charge in [-0.3, -0.25) is 9.62 Å². The molecule has 0 radical (unpaired) electrons. The molecule has 1 saturated heterocycles. The first-order chi connectivity index (χ1) is 15.3. The number of benzene rings is 2. The number of aromatic amines is 1. The Bertz CT molecular complexity index is 1400. The number of piperazine rings is 1. The fourth-order valence-electron chi connectivity index (χ4n) is 4.25. The van der Waals surface area contributed by atoms with E-state index < -0.39 is 10.0 Å². The van der Waals surface area contributed by atoms with Gasteiger partial charge < -0.3 is 9.88 Å². The second-order valence-electron chi connectivity index (χ2n) is 8.41. The van der Waals surface area contributed by atoms with Crippen LogP contribution in [0.2, 0.25) is 5.02 Å². The highest BCUT2D eigenvalue weighted by atomic mass is 35.5. The number of rotatable bonds is 5. The summed E-state index contributed by atoms with van der Waals surface area (Å²) in [5, 5.41) is 2.52. The van der Waals surface area contributed by atoms with E-state index >= 15 is 0 Å². The molecule has 0 bridgehead atoms. The average Bonchev–Trinajstić information content (AvgIpc) is 3.31. The lowest BCUT2D eigenvalue weighted by molar-refractivity contribution is 0.148. The number of aryl methyl sites for hydroxylation is 1. The Balaban J connectivity index is 1.43. The van der Waals surface area contributed by atoms with E-state index in [-0.39, 0.29) is 0 Å². The summed E-state index contributed by atoms with van der Waals surface area (Å²) in [5.41, 5.74) is 3.47. The first-order valence-electron chi connectivity index (χ1n) is 10.5. The standard InChI is InChI=1S/C23H25ClN4O2S2/c1-15-19-11-17(24)3-6-22(19)31-23(15)32(29,30)26-18-4-5-21-20(12-18)16(13-25-21)14-28-9-7-27(2)8-10-28/h3-6,11-13,25-26H,7-10,14H2,1-2H3. The monoisotopic (exact) mass is 488 g/mol. The van der Waals surface area contributed by atoms with Gasteiger partial charge in [0.25, 0.3) is 10.0 Å². The van der Waals surface area contributed by atoms with Crippen molar-refractivity contribution in [2.45, 2.75) is 17.7 Å². The van der Waals surface area contributed by atoms with Gasteiger partial charge in [0.15, 0.2) is 0 Å². The van der Waals surface area contributed by atoms with Crippen molar-refractivity contribution in [3.63, 3.8) is 0 Å². The highest BCUT2D eigenvalue weighted by molar-refractivity contribution is 7.94. The molecule has 5 rings (SSSR count). The van der Waals surface area contributed by atoms with Gasteiger partial charge >= 0.3 is 0 Å². The molecule has 3 heterocycles. The summed E-state index contributed by atoms with van der Waals surface area (Å²) in [6, 6.07) is 11.1. The van der Waals surface area contributed by atoms with Crippen LogP contribution in [0.1, 0.15) is 11.1 Å². The van der Waals surface area contributed by atoms with Crippen LogP contribution in [-0.4, -0.2) is 56.4 Å². The number of anilines is 1. The van der Waals surface area contributed by atoms with E-state index in [1.807, 2.05) is 37.4 Å². The van der Waals surface area contributed by atoms with E-state index in [1.54, 1.807) is 12.1 Å². The van der Waals surface area contributed by atoms with Crippen LogP contribution >= 0.6 is 22.9 Å². The molecule has 2 aromatic heterocycles. The molecule has 0 amide bonds. The number of fused-ring (bicyclic) bond motifs is 2. The Morgan fingerprint density at radius 3 is 2.66 bits per heavy atom. The van der Waals surface area contributed by atoms with E-state index in [0.717, 1.165) is 59.3 Å². The largest absolute Gasteiger partial charge is 0.361 e.